The van der Waals surface area contributed by atoms with Crippen LogP contribution in [0.2, 0.25) is 0 Å². The molecule has 1 aromatic heterocycles. The molecular formula is C10H17N3S. The molecule has 0 unspecified atom stereocenters. The molecule has 0 aromatic carbocycles. The van der Waals surface area contributed by atoms with E-state index in [0.29, 0.717) is 5.92 Å². The van der Waals surface area contributed by atoms with Crippen LogP contribution in [0.1, 0.15) is 38.6 Å². The first-order chi connectivity index (χ1) is 6.59. The fourth-order valence-electron chi connectivity index (χ4n) is 0.882. The molecule has 0 fully saturated rings. The van der Waals surface area contributed by atoms with Gasteiger partial charge in [-0.05, 0) is 13.8 Å². The van der Waals surface area contributed by atoms with Gasteiger partial charge < -0.3 is 5.32 Å². The number of allylic oxidation sites excluding steroid dienone is 1. The fourth-order valence-corrected chi connectivity index (χ4v) is 1.63. The zero-order chi connectivity index (χ0) is 10.6. The second-order valence-corrected chi connectivity index (χ2v) is 4.77. The van der Waals surface area contributed by atoms with E-state index in [1.807, 2.05) is 0 Å². The maximum Gasteiger partial charge on any atom is 0.205 e. The van der Waals surface area contributed by atoms with Crippen molar-refractivity contribution in [1.29, 1.82) is 0 Å². The van der Waals surface area contributed by atoms with Gasteiger partial charge in [0.15, 0.2) is 0 Å². The Kier molecular flexibility index (Phi) is 4.07. The van der Waals surface area contributed by atoms with Gasteiger partial charge in [0.1, 0.15) is 5.01 Å². The second kappa shape index (κ2) is 5.10. The third kappa shape index (κ3) is 3.46. The van der Waals surface area contributed by atoms with Crippen LogP contribution < -0.4 is 5.32 Å². The largest absolute Gasteiger partial charge is 0.357 e. The number of anilines is 1. The molecule has 78 valence electrons. The first kappa shape index (κ1) is 11.2. The average molecular weight is 211 g/mol. The van der Waals surface area contributed by atoms with Crippen LogP contribution in [0.25, 0.3) is 0 Å². The van der Waals surface area contributed by atoms with Crippen molar-refractivity contribution < 1.29 is 0 Å². The molecule has 0 aliphatic heterocycles. The molecule has 0 radical (unpaired) electrons. The summed E-state index contributed by atoms with van der Waals surface area (Å²) in [4.78, 5) is 0. The molecule has 14 heavy (non-hydrogen) atoms. The van der Waals surface area contributed by atoms with Crippen LogP contribution in [0.15, 0.2) is 11.6 Å². The van der Waals surface area contributed by atoms with E-state index in [0.717, 1.165) is 16.7 Å². The van der Waals surface area contributed by atoms with Crippen LogP contribution >= 0.6 is 11.3 Å². The molecule has 1 N–H and O–H groups in total. The van der Waals surface area contributed by atoms with Crippen molar-refractivity contribution >= 4 is 16.5 Å². The van der Waals surface area contributed by atoms with Crippen LogP contribution in [0.4, 0.5) is 5.13 Å². The van der Waals surface area contributed by atoms with Gasteiger partial charge in [-0.15, -0.1) is 10.2 Å². The maximum absolute atomic E-state index is 4.10. The number of aromatic nitrogens is 2. The summed E-state index contributed by atoms with van der Waals surface area (Å²) >= 11 is 1.63. The lowest BCUT2D eigenvalue weighted by Gasteiger charge is -1.96. The Morgan fingerprint density at radius 1 is 1.43 bits per heavy atom. The highest BCUT2D eigenvalue weighted by Crippen LogP contribution is 2.21. The Labute approximate surface area is 89.3 Å². The van der Waals surface area contributed by atoms with Gasteiger partial charge in [-0.3, -0.25) is 0 Å². The predicted octanol–water partition coefficient (Wildman–Crippen LogP) is 3.04. The van der Waals surface area contributed by atoms with E-state index in [1.54, 1.807) is 11.3 Å². The number of hydrogen-bond donors (Lipinski definition) is 1. The molecule has 0 bridgehead atoms. The van der Waals surface area contributed by atoms with Gasteiger partial charge in [0, 0.05) is 12.5 Å². The number of rotatable bonds is 4. The molecule has 0 spiro atoms. The van der Waals surface area contributed by atoms with Crippen molar-refractivity contribution in [1.82, 2.24) is 10.2 Å². The summed E-state index contributed by atoms with van der Waals surface area (Å²) in [5, 5.41) is 13.4. The number of nitrogens with one attached hydrogen (secondary N) is 1. The topological polar surface area (TPSA) is 37.8 Å². The van der Waals surface area contributed by atoms with E-state index < -0.39 is 0 Å². The van der Waals surface area contributed by atoms with E-state index >= 15 is 0 Å². The fraction of sp³-hybridized carbons (Fsp3) is 0.600. The lowest BCUT2D eigenvalue weighted by atomic mass is 10.2. The maximum atomic E-state index is 4.10. The molecular weight excluding hydrogens is 194 g/mol. The normalized spacial score (nSPS) is 10.4. The molecule has 1 aromatic rings. The molecule has 0 saturated heterocycles. The van der Waals surface area contributed by atoms with Crippen molar-refractivity contribution in [3.8, 4) is 0 Å². The van der Waals surface area contributed by atoms with E-state index in [9.17, 15) is 0 Å². The smallest absolute Gasteiger partial charge is 0.205 e. The van der Waals surface area contributed by atoms with Crippen LogP contribution in [-0.4, -0.2) is 16.7 Å². The first-order valence-corrected chi connectivity index (χ1v) is 5.62. The van der Waals surface area contributed by atoms with Crippen LogP contribution in [0, 0.1) is 0 Å². The summed E-state index contributed by atoms with van der Waals surface area (Å²) in [5.74, 6) is 0.464. The van der Waals surface area contributed by atoms with Crippen molar-refractivity contribution in [2.75, 3.05) is 11.9 Å². The lowest BCUT2D eigenvalue weighted by Crippen LogP contribution is -1.97. The van der Waals surface area contributed by atoms with Crippen LogP contribution in [0.5, 0.6) is 0 Å². The molecule has 0 atom stereocenters. The SMILES string of the molecule is CC(C)=CCNc1nnc(C(C)C)s1. The summed E-state index contributed by atoms with van der Waals surface area (Å²) in [6.45, 7) is 9.25. The van der Waals surface area contributed by atoms with Gasteiger partial charge in [-0.2, -0.15) is 0 Å². The highest BCUT2D eigenvalue weighted by atomic mass is 32.1. The second-order valence-electron chi connectivity index (χ2n) is 3.76. The highest BCUT2D eigenvalue weighted by molar-refractivity contribution is 7.15. The first-order valence-electron chi connectivity index (χ1n) is 4.80. The molecule has 1 heterocycles. The quantitative estimate of drug-likeness (QED) is 0.778. The molecule has 1 rings (SSSR count). The van der Waals surface area contributed by atoms with E-state index in [1.165, 1.54) is 5.57 Å². The van der Waals surface area contributed by atoms with Gasteiger partial charge in [0.25, 0.3) is 0 Å². The van der Waals surface area contributed by atoms with Crippen molar-refractivity contribution in [2.24, 2.45) is 0 Å². The minimum Gasteiger partial charge on any atom is -0.357 e. The summed E-state index contributed by atoms with van der Waals surface area (Å²) in [5.41, 5.74) is 1.31. The average Bonchev–Trinajstić information content (AvgIpc) is 2.52. The van der Waals surface area contributed by atoms with Crippen LogP contribution in [0.3, 0.4) is 0 Å². The zero-order valence-corrected chi connectivity index (χ0v) is 9.98. The Morgan fingerprint density at radius 3 is 2.64 bits per heavy atom. The molecule has 4 heteroatoms. The summed E-state index contributed by atoms with van der Waals surface area (Å²) in [6.07, 6.45) is 2.14. The van der Waals surface area contributed by atoms with Gasteiger partial charge in [0.2, 0.25) is 5.13 Å². The summed E-state index contributed by atoms with van der Waals surface area (Å²) < 4.78 is 0. The van der Waals surface area contributed by atoms with Gasteiger partial charge >= 0.3 is 0 Å². The minimum absolute atomic E-state index is 0.464. The third-order valence-electron chi connectivity index (χ3n) is 1.70. The lowest BCUT2D eigenvalue weighted by molar-refractivity contribution is 0.825. The molecule has 0 aliphatic rings. The Morgan fingerprint density at radius 2 is 2.14 bits per heavy atom. The monoisotopic (exact) mass is 211 g/mol. The van der Waals surface area contributed by atoms with Crippen molar-refractivity contribution in [3.05, 3.63) is 16.7 Å². The molecule has 0 saturated carbocycles. The molecule has 0 amide bonds. The van der Waals surface area contributed by atoms with E-state index in [4.69, 9.17) is 0 Å². The van der Waals surface area contributed by atoms with Crippen LogP contribution in [-0.2, 0) is 0 Å². The predicted molar refractivity (Wildman–Crippen MR) is 61.9 cm³/mol. The highest BCUT2D eigenvalue weighted by Gasteiger charge is 2.05. The molecule has 3 nitrogen and oxygen atoms in total. The summed E-state index contributed by atoms with van der Waals surface area (Å²) in [7, 11) is 0. The minimum atomic E-state index is 0.464. The zero-order valence-electron chi connectivity index (χ0n) is 9.16. The number of nitrogens with zero attached hydrogens (tertiary/aromatic N) is 2. The van der Waals surface area contributed by atoms with Gasteiger partial charge in [-0.1, -0.05) is 36.8 Å². The Balaban J connectivity index is 2.48. The van der Waals surface area contributed by atoms with E-state index in [-0.39, 0.29) is 0 Å². The standard InChI is InChI=1S/C10H17N3S/c1-7(2)5-6-11-10-13-12-9(14-10)8(3)4/h5,8H,6H2,1-4H3,(H,11,13). The summed E-state index contributed by atoms with van der Waals surface area (Å²) in [6, 6.07) is 0. The van der Waals surface area contributed by atoms with Gasteiger partial charge in [-0.25, -0.2) is 0 Å². The third-order valence-corrected chi connectivity index (χ3v) is 2.88. The van der Waals surface area contributed by atoms with Crippen molar-refractivity contribution in [2.45, 2.75) is 33.6 Å². The Bertz CT molecular complexity index is 311. The Hall–Kier alpha value is -0.900. The van der Waals surface area contributed by atoms with Gasteiger partial charge in [0.05, 0.1) is 0 Å². The van der Waals surface area contributed by atoms with Crippen molar-refractivity contribution in [3.63, 3.8) is 0 Å². The number of hydrogen-bond acceptors (Lipinski definition) is 4. The molecule has 0 aliphatic carbocycles. The van der Waals surface area contributed by atoms with E-state index in [2.05, 4.69) is 49.3 Å².